The summed E-state index contributed by atoms with van der Waals surface area (Å²) in [6, 6.07) is 12.7. The Morgan fingerprint density at radius 3 is 2.38 bits per heavy atom. The molecule has 32 heavy (non-hydrogen) atoms. The molecule has 0 aliphatic carbocycles. The lowest BCUT2D eigenvalue weighted by molar-refractivity contribution is -0.171. The van der Waals surface area contributed by atoms with Crippen molar-refractivity contribution in [1.82, 2.24) is 4.98 Å². The standard InChI is InChI=1S/C24H23FNO5P/c1-5-31-22(27)24(29,32-30)23(4,28)20-19(14(2)3)17-8-6-7-9-18(17)26-21(20)15-10-12-16(25)13-11-15/h5-14,28-29H,1H2,2-4H3/p+1. The van der Waals surface area contributed by atoms with Crippen molar-refractivity contribution in [1.29, 1.82) is 0 Å². The number of esters is 1. The highest BCUT2D eigenvalue weighted by molar-refractivity contribution is 7.27. The number of hydrogen-bond donors (Lipinski definition) is 2. The van der Waals surface area contributed by atoms with Gasteiger partial charge in [0.2, 0.25) is 0 Å². The predicted molar refractivity (Wildman–Crippen MR) is 121 cm³/mol. The maximum absolute atomic E-state index is 13.6. The highest BCUT2D eigenvalue weighted by Gasteiger charge is 2.64. The topological polar surface area (TPSA) is 96.7 Å². The number of hydrogen-bond acceptors (Lipinski definition) is 6. The number of halogens is 1. The minimum Gasteiger partial charge on any atom is -0.430 e. The van der Waals surface area contributed by atoms with E-state index in [-0.39, 0.29) is 17.2 Å². The average Bonchev–Trinajstić information content (AvgIpc) is 2.77. The van der Waals surface area contributed by atoms with Crippen molar-refractivity contribution in [2.75, 3.05) is 0 Å². The van der Waals surface area contributed by atoms with Crippen LogP contribution in [-0.2, 0) is 19.7 Å². The molecule has 2 aromatic carbocycles. The van der Waals surface area contributed by atoms with Gasteiger partial charge in [0.15, 0.2) is 5.60 Å². The Kier molecular flexibility index (Phi) is 6.56. The third kappa shape index (κ3) is 3.84. The summed E-state index contributed by atoms with van der Waals surface area (Å²) < 4.78 is 30.5. The van der Waals surface area contributed by atoms with Crippen LogP contribution in [0, 0.1) is 5.82 Å². The molecule has 0 amide bonds. The molecule has 8 heteroatoms. The second-order valence-electron chi connectivity index (χ2n) is 7.88. The van der Waals surface area contributed by atoms with Crippen LogP contribution in [0.15, 0.2) is 61.4 Å². The normalized spacial score (nSPS) is 15.3. The van der Waals surface area contributed by atoms with Gasteiger partial charge in [-0.1, -0.05) is 43.2 Å². The van der Waals surface area contributed by atoms with E-state index in [0.29, 0.717) is 22.0 Å². The molecule has 1 aromatic heterocycles. The Morgan fingerprint density at radius 2 is 1.81 bits per heavy atom. The molecular formula is C24H24FNO5P+. The molecule has 0 aliphatic heterocycles. The van der Waals surface area contributed by atoms with E-state index in [9.17, 15) is 24.0 Å². The highest BCUT2D eigenvalue weighted by atomic mass is 31.1. The smallest absolute Gasteiger partial charge is 0.398 e. The largest absolute Gasteiger partial charge is 0.430 e. The molecule has 3 unspecified atom stereocenters. The Balaban J connectivity index is 2.49. The monoisotopic (exact) mass is 456 g/mol. The lowest BCUT2D eigenvalue weighted by Crippen LogP contribution is -2.52. The molecule has 6 nitrogen and oxygen atoms in total. The van der Waals surface area contributed by atoms with E-state index in [4.69, 9.17) is 4.74 Å². The predicted octanol–water partition coefficient (Wildman–Crippen LogP) is 4.77. The van der Waals surface area contributed by atoms with E-state index in [1.54, 1.807) is 12.1 Å². The average molecular weight is 456 g/mol. The zero-order valence-electron chi connectivity index (χ0n) is 17.9. The minimum atomic E-state index is -2.82. The number of aromatic nitrogens is 1. The first kappa shape index (κ1) is 23.7. The number of fused-ring (bicyclic) bond motifs is 1. The Labute approximate surface area is 186 Å². The fourth-order valence-corrected chi connectivity index (χ4v) is 4.29. The summed E-state index contributed by atoms with van der Waals surface area (Å²) in [5, 5.41) is 20.7. The number of nitrogens with zero attached hydrogens (tertiary/aromatic N) is 1. The maximum Gasteiger partial charge on any atom is 0.398 e. The number of carbonyl (C=O) groups excluding carboxylic acids is 1. The molecule has 0 spiro atoms. The van der Waals surface area contributed by atoms with Crippen LogP contribution in [0.1, 0.15) is 37.8 Å². The van der Waals surface area contributed by atoms with E-state index in [2.05, 4.69) is 11.6 Å². The van der Waals surface area contributed by atoms with E-state index in [1.165, 1.54) is 31.2 Å². The van der Waals surface area contributed by atoms with Gasteiger partial charge in [-0.25, -0.2) is 14.2 Å². The van der Waals surface area contributed by atoms with Gasteiger partial charge < -0.3 is 14.9 Å². The van der Waals surface area contributed by atoms with Crippen molar-refractivity contribution >= 4 is 25.3 Å². The van der Waals surface area contributed by atoms with Crippen LogP contribution in [0.3, 0.4) is 0 Å². The van der Waals surface area contributed by atoms with Crippen LogP contribution < -0.4 is 0 Å². The van der Waals surface area contributed by atoms with Gasteiger partial charge in [-0.15, -0.1) is 0 Å². The van der Waals surface area contributed by atoms with Crippen molar-refractivity contribution in [3.8, 4) is 11.3 Å². The molecule has 0 radical (unpaired) electrons. The fourth-order valence-electron chi connectivity index (χ4n) is 3.83. The summed E-state index contributed by atoms with van der Waals surface area (Å²) in [4.78, 5) is 17.3. The SMILES string of the molecule is C=COC(=O)C(O)([PH+]=O)C(C)(O)c1c(-c2ccc(F)cc2)nc2ccccc2c1C(C)C. The first-order valence-corrected chi connectivity index (χ1v) is 10.8. The summed E-state index contributed by atoms with van der Waals surface area (Å²) in [6.45, 7) is 8.24. The Bertz CT molecular complexity index is 1190. The van der Waals surface area contributed by atoms with Crippen LogP contribution in [0.25, 0.3) is 22.2 Å². The van der Waals surface area contributed by atoms with Crippen molar-refractivity contribution in [2.24, 2.45) is 0 Å². The number of rotatable bonds is 7. The van der Waals surface area contributed by atoms with E-state index in [1.807, 2.05) is 26.0 Å². The summed E-state index contributed by atoms with van der Waals surface area (Å²) in [7, 11) is -1.67. The van der Waals surface area contributed by atoms with Gasteiger partial charge in [-0.2, -0.15) is 0 Å². The van der Waals surface area contributed by atoms with Gasteiger partial charge in [0, 0.05) is 16.5 Å². The van der Waals surface area contributed by atoms with Gasteiger partial charge >= 0.3 is 19.8 Å². The lowest BCUT2D eigenvalue weighted by Gasteiger charge is -2.34. The molecule has 2 N–H and O–H groups in total. The van der Waals surface area contributed by atoms with Crippen molar-refractivity contribution < 1.29 is 28.7 Å². The number of ether oxygens (including phenoxy) is 1. The summed E-state index contributed by atoms with van der Waals surface area (Å²) >= 11 is 0. The van der Waals surface area contributed by atoms with E-state index >= 15 is 0 Å². The number of para-hydroxylation sites is 1. The van der Waals surface area contributed by atoms with Crippen molar-refractivity contribution in [3.05, 3.63) is 78.3 Å². The van der Waals surface area contributed by atoms with Crippen molar-refractivity contribution in [2.45, 2.75) is 37.6 Å². The summed E-state index contributed by atoms with van der Waals surface area (Å²) in [5.74, 6) is -1.98. The van der Waals surface area contributed by atoms with Crippen LogP contribution in [0.5, 0.6) is 0 Å². The number of carbonyl (C=O) groups is 1. The van der Waals surface area contributed by atoms with Gasteiger partial charge in [0.25, 0.3) is 0 Å². The molecule has 0 aliphatic rings. The maximum atomic E-state index is 13.6. The molecule has 0 bridgehead atoms. The highest BCUT2D eigenvalue weighted by Crippen LogP contribution is 2.48. The second-order valence-corrected chi connectivity index (χ2v) is 8.81. The van der Waals surface area contributed by atoms with Crippen molar-refractivity contribution in [3.63, 3.8) is 0 Å². The third-order valence-corrected chi connectivity index (χ3v) is 6.44. The molecule has 3 atom stereocenters. The van der Waals surface area contributed by atoms with Crippen LogP contribution >= 0.6 is 8.46 Å². The quantitative estimate of drug-likeness (QED) is 0.302. The molecule has 1 heterocycles. The molecule has 3 aromatic rings. The number of aliphatic hydroxyl groups is 2. The Hall–Kier alpha value is -2.99. The molecular weight excluding hydrogens is 432 g/mol. The Morgan fingerprint density at radius 1 is 1.19 bits per heavy atom. The molecule has 166 valence electrons. The summed E-state index contributed by atoms with van der Waals surface area (Å²) in [6.07, 6.45) is 0.784. The zero-order valence-corrected chi connectivity index (χ0v) is 18.9. The molecule has 0 saturated carbocycles. The van der Waals surface area contributed by atoms with Crippen LogP contribution in [0.2, 0.25) is 0 Å². The summed E-state index contributed by atoms with van der Waals surface area (Å²) in [5.41, 5.74) is -0.416. The van der Waals surface area contributed by atoms with E-state index < -0.39 is 31.2 Å². The molecule has 0 saturated heterocycles. The number of pyridine rings is 1. The minimum absolute atomic E-state index is 0.102. The van der Waals surface area contributed by atoms with Gasteiger partial charge in [-0.05, 0) is 48.7 Å². The first-order valence-electron chi connectivity index (χ1n) is 9.93. The van der Waals surface area contributed by atoms with E-state index in [0.717, 1.165) is 6.26 Å². The fraction of sp³-hybridized carbons (Fsp3) is 0.250. The zero-order chi connectivity index (χ0) is 23.7. The van der Waals surface area contributed by atoms with Gasteiger partial charge in [0.05, 0.1) is 17.5 Å². The lowest BCUT2D eigenvalue weighted by atomic mass is 9.79. The van der Waals surface area contributed by atoms with Gasteiger partial charge in [0.1, 0.15) is 5.82 Å². The number of benzene rings is 2. The molecule has 0 fully saturated rings. The van der Waals surface area contributed by atoms with Crippen LogP contribution in [0.4, 0.5) is 4.39 Å². The molecule has 3 rings (SSSR count). The second kappa shape index (κ2) is 8.87. The first-order chi connectivity index (χ1) is 15.1. The third-order valence-electron chi connectivity index (χ3n) is 5.45. The van der Waals surface area contributed by atoms with Crippen LogP contribution in [-0.4, -0.2) is 26.5 Å². The van der Waals surface area contributed by atoms with Gasteiger partial charge in [-0.3, -0.25) is 0 Å².